The van der Waals surface area contributed by atoms with Gasteiger partial charge in [0, 0.05) is 18.0 Å². The zero-order valence-corrected chi connectivity index (χ0v) is 11.4. The fourth-order valence-electron chi connectivity index (χ4n) is 1.14. The van der Waals surface area contributed by atoms with Gasteiger partial charge in [-0.15, -0.1) is 11.6 Å². The van der Waals surface area contributed by atoms with E-state index in [1.807, 2.05) is 0 Å². The van der Waals surface area contributed by atoms with Gasteiger partial charge in [0.15, 0.2) is 4.33 Å². The molecule has 1 heterocycles. The minimum atomic E-state index is -1.34. The Morgan fingerprint density at radius 2 is 2.29 bits per heavy atom. The molecule has 0 spiro atoms. The molecule has 0 fully saturated rings. The summed E-state index contributed by atoms with van der Waals surface area (Å²) in [5.41, 5.74) is 0.355. The number of nitrogens with one attached hydrogen (secondary N) is 1. The van der Waals surface area contributed by atoms with Gasteiger partial charge in [0.05, 0.1) is 12.2 Å². The van der Waals surface area contributed by atoms with E-state index in [2.05, 4.69) is 16.9 Å². The highest BCUT2D eigenvalue weighted by Gasteiger charge is 2.36. The van der Waals surface area contributed by atoms with E-state index in [1.165, 1.54) is 6.33 Å². The van der Waals surface area contributed by atoms with Crippen LogP contribution >= 0.6 is 34.8 Å². The summed E-state index contributed by atoms with van der Waals surface area (Å²) in [7, 11) is 0. The molecule has 0 aliphatic carbocycles. The van der Waals surface area contributed by atoms with Crippen LogP contribution in [0.4, 0.5) is 0 Å². The lowest BCUT2D eigenvalue weighted by molar-refractivity contribution is -0.118. The van der Waals surface area contributed by atoms with Crippen LogP contribution in [0.3, 0.4) is 0 Å². The number of carbonyl (C=O) groups excluding carboxylic acids is 1. The van der Waals surface area contributed by atoms with Gasteiger partial charge in [-0.05, 0) is 6.92 Å². The average molecular weight is 297 g/mol. The third-order valence-electron chi connectivity index (χ3n) is 2.06. The Labute approximate surface area is 115 Å². The first-order valence-electron chi connectivity index (χ1n) is 4.76. The zero-order chi connectivity index (χ0) is 13.1. The predicted molar refractivity (Wildman–Crippen MR) is 69.4 cm³/mol. The highest BCUT2D eigenvalue weighted by molar-refractivity contribution is 6.51. The third kappa shape index (κ3) is 3.63. The molecular formula is C10H12Cl3N3O. The molecule has 1 amide bonds. The molecule has 1 unspecified atom stereocenters. The molecule has 1 aromatic heterocycles. The summed E-state index contributed by atoms with van der Waals surface area (Å²) in [5.74, 6) is -0.394. The lowest BCUT2D eigenvalue weighted by Crippen LogP contribution is -2.43. The fourth-order valence-corrected chi connectivity index (χ4v) is 1.62. The van der Waals surface area contributed by atoms with Crippen molar-refractivity contribution in [3.63, 3.8) is 0 Å². The Hall–Kier alpha value is -0.710. The van der Waals surface area contributed by atoms with Gasteiger partial charge in [-0.2, -0.15) is 0 Å². The molecule has 0 aromatic carbocycles. The van der Waals surface area contributed by atoms with E-state index in [9.17, 15) is 4.79 Å². The smallest absolute Gasteiger partial charge is 0.248 e. The van der Waals surface area contributed by atoms with E-state index in [4.69, 9.17) is 34.8 Å². The molecule has 0 saturated carbocycles. The number of hydrogen-bond donors (Lipinski definition) is 1. The first kappa shape index (κ1) is 14.4. The molecule has 0 aliphatic heterocycles. The molecule has 1 aromatic rings. The maximum Gasteiger partial charge on any atom is 0.248 e. The normalized spacial score (nSPS) is 13.2. The van der Waals surface area contributed by atoms with Crippen molar-refractivity contribution >= 4 is 40.7 Å². The van der Waals surface area contributed by atoms with Gasteiger partial charge in [0.1, 0.15) is 6.17 Å². The Kier molecular flexibility index (Phi) is 4.86. The summed E-state index contributed by atoms with van der Waals surface area (Å²) < 4.78 is 0.233. The molecule has 1 N–H and O–H groups in total. The molecule has 0 aliphatic rings. The number of hydrogen-bond acceptors (Lipinski definition) is 2. The number of nitrogens with zero attached hydrogens (tertiary/aromatic N) is 2. The minimum Gasteiger partial charge on any atom is -0.329 e. The monoisotopic (exact) mass is 295 g/mol. The Bertz CT molecular complexity index is 403. The standard InChI is InChI=1S/C10H12Cl3N3O/c1-7(2)8(17)15-9(10(12,13)5-11)16-4-3-14-6-16/h3-4,6,9H,1,5H2,2H3,(H,15,17). The Balaban J connectivity index is 2.96. The summed E-state index contributed by atoms with van der Waals surface area (Å²) in [6.45, 7) is 5.13. The van der Waals surface area contributed by atoms with Crippen LogP contribution in [0.2, 0.25) is 0 Å². The summed E-state index contributed by atoms with van der Waals surface area (Å²) in [6, 6.07) is 0. The molecule has 0 saturated heterocycles. The van der Waals surface area contributed by atoms with Gasteiger partial charge in [0.2, 0.25) is 5.91 Å². The van der Waals surface area contributed by atoms with Crippen LogP contribution in [0, 0.1) is 0 Å². The van der Waals surface area contributed by atoms with Crippen molar-refractivity contribution in [2.24, 2.45) is 0 Å². The van der Waals surface area contributed by atoms with Crippen molar-refractivity contribution in [3.05, 3.63) is 30.9 Å². The highest BCUT2D eigenvalue weighted by atomic mass is 35.5. The van der Waals surface area contributed by atoms with Crippen LogP contribution in [-0.4, -0.2) is 25.7 Å². The largest absolute Gasteiger partial charge is 0.329 e. The quantitative estimate of drug-likeness (QED) is 0.670. The number of carbonyl (C=O) groups is 1. The summed E-state index contributed by atoms with van der Waals surface area (Å²) in [5, 5.41) is 2.65. The lowest BCUT2D eigenvalue weighted by atomic mass is 10.3. The highest BCUT2D eigenvalue weighted by Crippen LogP contribution is 2.33. The maximum absolute atomic E-state index is 11.6. The van der Waals surface area contributed by atoms with E-state index >= 15 is 0 Å². The molecule has 0 bridgehead atoms. The topological polar surface area (TPSA) is 46.9 Å². The molecule has 1 atom stereocenters. The average Bonchev–Trinajstić information content (AvgIpc) is 2.78. The van der Waals surface area contributed by atoms with Crippen LogP contribution in [0.1, 0.15) is 13.1 Å². The molecule has 4 nitrogen and oxygen atoms in total. The van der Waals surface area contributed by atoms with Gasteiger partial charge in [-0.25, -0.2) is 4.98 Å². The summed E-state index contributed by atoms with van der Waals surface area (Å²) >= 11 is 17.8. The van der Waals surface area contributed by atoms with E-state index in [1.54, 1.807) is 23.9 Å². The van der Waals surface area contributed by atoms with Gasteiger partial charge >= 0.3 is 0 Å². The van der Waals surface area contributed by atoms with Gasteiger partial charge < -0.3 is 9.88 Å². The van der Waals surface area contributed by atoms with Gasteiger partial charge in [-0.1, -0.05) is 29.8 Å². The number of halogens is 3. The first-order valence-corrected chi connectivity index (χ1v) is 6.05. The molecule has 1 rings (SSSR count). The van der Waals surface area contributed by atoms with Crippen LogP contribution in [-0.2, 0) is 4.79 Å². The Morgan fingerprint density at radius 1 is 1.65 bits per heavy atom. The van der Waals surface area contributed by atoms with Gasteiger partial charge in [-0.3, -0.25) is 4.79 Å². The number of alkyl halides is 3. The van der Waals surface area contributed by atoms with Crippen molar-refractivity contribution in [2.45, 2.75) is 17.4 Å². The number of rotatable bonds is 5. The number of imidazole rings is 1. The number of amides is 1. The molecule has 94 valence electrons. The fraction of sp³-hybridized carbons (Fsp3) is 0.400. The summed E-state index contributed by atoms with van der Waals surface area (Å²) in [4.78, 5) is 15.5. The second kappa shape index (κ2) is 5.76. The maximum atomic E-state index is 11.6. The second-order valence-corrected chi connectivity index (χ2v) is 5.37. The lowest BCUT2D eigenvalue weighted by Gasteiger charge is -2.29. The van der Waals surface area contributed by atoms with Crippen LogP contribution in [0.15, 0.2) is 30.9 Å². The van der Waals surface area contributed by atoms with Crippen molar-refractivity contribution in [1.29, 1.82) is 0 Å². The van der Waals surface area contributed by atoms with E-state index in [0.29, 0.717) is 5.57 Å². The van der Waals surface area contributed by atoms with Crippen molar-refractivity contribution in [3.8, 4) is 0 Å². The zero-order valence-electron chi connectivity index (χ0n) is 9.16. The predicted octanol–water partition coefficient (Wildman–Crippen LogP) is 2.49. The number of aromatic nitrogens is 2. The van der Waals surface area contributed by atoms with Crippen LogP contribution < -0.4 is 5.32 Å². The molecule has 7 heteroatoms. The Morgan fingerprint density at radius 3 is 2.71 bits per heavy atom. The SMILES string of the molecule is C=C(C)C(=O)NC(n1ccnc1)C(Cl)(Cl)CCl. The van der Waals surface area contributed by atoms with Crippen molar-refractivity contribution < 1.29 is 4.79 Å². The van der Waals surface area contributed by atoms with Crippen LogP contribution in [0.25, 0.3) is 0 Å². The molecular weight excluding hydrogens is 284 g/mol. The minimum absolute atomic E-state index is 0.0462. The summed E-state index contributed by atoms with van der Waals surface area (Å²) in [6.07, 6.45) is 3.97. The van der Waals surface area contributed by atoms with Crippen LogP contribution in [0.5, 0.6) is 0 Å². The van der Waals surface area contributed by atoms with Crippen molar-refractivity contribution in [2.75, 3.05) is 5.88 Å². The first-order chi connectivity index (χ1) is 7.88. The third-order valence-corrected chi connectivity index (χ3v) is 3.43. The second-order valence-electron chi connectivity index (χ2n) is 3.56. The van der Waals surface area contributed by atoms with Crippen molar-refractivity contribution in [1.82, 2.24) is 14.9 Å². The molecule has 17 heavy (non-hydrogen) atoms. The van der Waals surface area contributed by atoms with Gasteiger partial charge in [0.25, 0.3) is 0 Å². The van der Waals surface area contributed by atoms with E-state index in [0.717, 1.165) is 0 Å². The van der Waals surface area contributed by atoms with E-state index in [-0.39, 0.29) is 11.8 Å². The molecule has 0 radical (unpaired) electrons. The van der Waals surface area contributed by atoms with E-state index < -0.39 is 10.5 Å².